The maximum Gasteiger partial charge on any atom is 0.340 e. The Morgan fingerprint density at radius 2 is 1.81 bits per heavy atom. The van der Waals surface area contributed by atoms with E-state index in [1.165, 1.54) is 38.8 Å². The largest absolute Gasteiger partial charge is 0.463 e. The van der Waals surface area contributed by atoms with E-state index in [1.807, 2.05) is 38.1 Å². The number of aryl methyl sites for hydroxylation is 2. The maximum absolute atomic E-state index is 13.0. The number of benzene rings is 2. The van der Waals surface area contributed by atoms with Gasteiger partial charge in [-0.25, -0.2) is 4.79 Å². The second-order valence-electron chi connectivity index (χ2n) is 10.7. The second-order valence-corrected chi connectivity index (χ2v) is 10.7. The summed E-state index contributed by atoms with van der Waals surface area (Å²) in [6.07, 6.45) is 7.91. The summed E-state index contributed by atoms with van der Waals surface area (Å²) in [5.74, 6) is 0.370. The number of amides is 1. The lowest BCUT2D eigenvalue weighted by Gasteiger charge is -2.44. The van der Waals surface area contributed by atoms with E-state index in [0.29, 0.717) is 35.2 Å². The van der Waals surface area contributed by atoms with E-state index in [4.69, 9.17) is 8.83 Å². The van der Waals surface area contributed by atoms with E-state index in [0.717, 1.165) is 39.4 Å². The standard InChI is InChI=1S/C31H34N2O4/c1-19-23-15-25-26(21-9-4-3-5-10-21)18-36-29(25)20(2)30(23)37-31(35)24(19)16-28(34)32-17-22-11-8-14-33-13-7-6-12-27(22)33/h3-5,9-10,15,18,22,27H,6-8,11-14,16-17H2,1-2H3,(H,32,34)/t22-,27+/m0/s1. The molecule has 2 aliphatic heterocycles. The fourth-order valence-electron chi connectivity index (χ4n) is 6.53. The van der Waals surface area contributed by atoms with Crippen molar-refractivity contribution in [1.82, 2.24) is 10.2 Å². The minimum atomic E-state index is -0.450. The highest BCUT2D eigenvalue weighted by molar-refractivity contribution is 6.05. The Morgan fingerprint density at radius 1 is 1.00 bits per heavy atom. The first-order valence-electron chi connectivity index (χ1n) is 13.5. The quantitative estimate of drug-likeness (QED) is 0.355. The van der Waals surface area contributed by atoms with E-state index in [-0.39, 0.29) is 12.3 Å². The van der Waals surface area contributed by atoms with Gasteiger partial charge in [-0.1, -0.05) is 36.8 Å². The van der Waals surface area contributed by atoms with Gasteiger partial charge in [-0.3, -0.25) is 4.79 Å². The van der Waals surface area contributed by atoms with Crippen molar-refractivity contribution in [2.75, 3.05) is 19.6 Å². The van der Waals surface area contributed by atoms with E-state index >= 15 is 0 Å². The number of carbonyl (C=O) groups excluding carboxylic acids is 1. The summed E-state index contributed by atoms with van der Waals surface area (Å²) in [6.45, 7) is 6.86. The topological polar surface area (TPSA) is 75.7 Å². The zero-order valence-corrected chi connectivity index (χ0v) is 21.6. The fraction of sp³-hybridized carbons (Fsp3) is 0.419. The average Bonchev–Trinajstić information content (AvgIpc) is 3.35. The van der Waals surface area contributed by atoms with Gasteiger partial charge in [-0.2, -0.15) is 0 Å². The van der Waals surface area contributed by atoms with Gasteiger partial charge in [0.25, 0.3) is 0 Å². The van der Waals surface area contributed by atoms with Crippen LogP contribution in [0.4, 0.5) is 0 Å². The molecule has 6 nitrogen and oxygen atoms in total. The molecule has 2 aliphatic rings. The molecule has 2 atom stereocenters. The molecule has 2 fully saturated rings. The molecule has 4 heterocycles. The molecule has 192 valence electrons. The van der Waals surface area contributed by atoms with E-state index in [2.05, 4.69) is 22.3 Å². The first-order chi connectivity index (χ1) is 18.0. The molecule has 0 bridgehead atoms. The summed E-state index contributed by atoms with van der Waals surface area (Å²) >= 11 is 0. The number of hydrogen-bond donors (Lipinski definition) is 1. The summed E-state index contributed by atoms with van der Waals surface area (Å²) in [4.78, 5) is 28.6. The molecular formula is C31H34N2O4. The van der Waals surface area contributed by atoms with Gasteiger partial charge in [0.1, 0.15) is 11.2 Å². The molecule has 1 N–H and O–H groups in total. The van der Waals surface area contributed by atoms with Crippen LogP contribution >= 0.6 is 0 Å². The summed E-state index contributed by atoms with van der Waals surface area (Å²) in [6, 6.07) is 12.7. The number of rotatable bonds is 5. The second kappa shape index (κ2) is 9.82. The summed E-state index contributed by atoms with van der Waals surface area (Å²) in [7, 11) is 0. The number of furan rings is 1. The Morgan fingerprint density at radius 3 is 2.65 bits per heavy atom. The van der Waals surface area contributed by atoms with E-state index < -0.39 is 5.63 Å². The lowest BCUT2D eigenvalue weighted by atomic mass is 9.83. The van der Waals surface area contributed by atoms with Crippen LogP contribution < -0.4 is 10.9 Å². The average molecular weight is 499 g/mol. The van der Waals surface area contributed by atoms with Gasteiger partial charge in [0, 0.05) is 34.5 Å². The number of nitrogens with one attached hydrogen (secondary N) is 1. The molecule has 2 aromatic heterocycles. The predicted octanol–water partition coefficient (Wildman–Crippen LogP) is 5.75. The normalized spacial score (nSPS) is 20.3. The maximum atomic E-state index is 13.0. The molecule has 0 saturated carbocycles. The number of nitrogens with zero attached hydrogens (tertiary/aromatic N) is 1. The van der Waals surface area contributed by atoms with Crippen LogP contribution in [0.15, 0.2) is 56.3 Å². The van der Waals surface area contributed by atoms with Crippen molar-refractivity contribution in [2.45, 2.75) is 58.4 Å². The monoisotopic (exact) mass is 498 g/mol. The third kappa shape index (κ3) is 4.37. The van der Waals surface area contributed by atoms with Crippen molar-refractivity contribution in [3.05, 3.63) is 69.8 Å². The van der Waals surface area contributed by atoms with Crippen molar-refractivity contribution in [3.63, 3.8) is 0 Å². The van der Waals surface area contributed by atoms with Crippen LogP contribution in [0.1, 0.15) is 48.8 Å². The molecule has 6 heteroatoms. The fourth-order valence-corrected chi connectivity index (χ4v) is 6.53. The van der Waals surface area contributed by atoms with Crippen LogP contribution in [0.3, 0.4) is 0 Å². The molecular weight excluding hydrogens is 464 g/mol. The smallest absolute Gasteiger partial charge is 0.340 e. The van der Waals surface area contributed by atoms with Crippen LogP contribution in [0, 0.1) is 19.8 Å². The van der Waals surface area contributed by atoms with Gasteiger partial charge in [-0.05, 0) is 75.7 Å². The molecule has 6 rings (SSSR count). The van der Waals surface area contributed by atoms with Crippen LogP contribution in [-0.2, 0) is 11.2 Å². The number of piperidine rings is 2. The number of hydrogen-bond acceptors (Lipinski definition) is 5. The highest BCUT2D eigenvalue weighted by Gasteiger charge is 2.33. The van der Waals surface area contributed by atoms with Crippen LogP contribution in [-0.4, -0.2) is 36.5 Å². The minimum absolute atomic E-state index is 0.0270. The van der Waals surface area contributed by atoms with Gasteiger partial charge in [0.05, 0.1) is 18.2 Å². The molecule has 2 saturated heterocycles. The Labute approximate surface area is 216 Å². The predicted molar refractivity (Wildman–Crippen MR) is 146 cm³/mol. The van der Waals surface area contributed by atoms with Gasteiger partial charge < -0.3 is 19.1 Å². The number of fused-ring (bicyclic) bond motifs is 3. The van der Waals surface area contributed by atoms with Crippen molar-refractivity contribution in [2.24, 2.45) is 5.92 Å². The first-order valence-corrected chi connectivity index (χ1v) is 13.5. The van der Waals surface area contributed by atoms with E-state index in [1.54, 1.807) is 6.26 Å². The van der Waals surface area contributed by atoms with Crippen LogP contribution in [0.25, 0.3) is 33.1 Å². The molecule has 0 spiro atoms. The summed E-state index contributed by atoms with van der Waals surface area (Å²) < 4.78 is 11.7. The minimum Gasteiger partial charge on any atom is -0.463 e. The van der Waals surface area contributed by atoms with Crippen molar-refractivity contribution in [3.8, 4) is 11.1 Å². The van der Waals surface area contributed by atoms with E-state index in [9.17, 15) is 9.59 Å². The Hall–Kier alpha value is -3.38. The SMILES string of the molecule is Cc1c(CC(=O)NC[C@@H]2CCCN3CCCC[C@H]23)c(=O)oc2c(C)c3occ(-c4ccccc4)c3cc12. The van der Waals surface area contributed by atoms with Gasteiger partial charge >= 0.3 is 5.63 Å². The van der Waals surface area contributed by atoms with Gasteiger partial charge in [0.15, 0.2) is 0 Å². The van der Waals surface area contributed by atoms with Gasteiger partial charge in [-0.15, -0.1) is 0 Å². The van der Waals surface area contributed by atoms with Crippen molar-refractivity contribution >= 4 is 27.8 Å². The third-order valence-electron chi connectivity index (χ3n) is 8.55. The Kier molecular flexibility index (Phi) is 6.37. The van der Waals surface area contributed by atoms with Gasteiger partial charge in [0.2, 0.25) is 5.91 Å². The zero-order chi connectivity index (χ0) is 25.5. The molecule has 0 radical (unpaired) electrons. The Bertz CT molecular complexity index is 1520. The lowest BCUT2D eigenvalue weighted by molar-refractivity contribution is -0.120. The third-order valence-corrected chi connectivity index (χ3v) is 8.55. The zero-order valence-electron chi connectivity index (χ0n) is 21.6. The molecule has 0 aliphatic carbocycles. The Balaban J connectivity index is 1.28. The summed E-state index contributed by atoms with van der Waals surface area (Å²) in [5.41, 5.74) is 4.85. The van der Waals surface area contributed by atoms with Crippen LogP contribution in [0.2, 0.25) is 0 Å². The highest BCUT2D eigenvalue weighted by atomic mass is 16.4. The molecule has 4 aromatic rings. The molecule has 37 heavy (non-hydrogen) atoms. The van der Waals surface area contributed by atoms with Crippen molar-refractivity contribution in [1.29, 1.82) is 0 Å². The molecule has 1 amide bonds. The lowest BCUT2D eigenvalue weighted by Crippen LogP contribution is -2.51. The summed E-state index contributed by atoms with van der Waals surface area (Å²) in [5, 5.41) is 4.96. The first kappa shape index (κ1) is 24.0. The molecule has 2 aromatic carbocycles. The number of carbonyl (C=O) groups is 1. The highest BCUT2D eigenvalue weighted by Crippen LogP contribution is 2.37. The molecule has 0 unspecified atom stereocenters. The van der Waals surface area contributed by atoms with Crippen LogP contribution in [0.5, 0.6) is 0 Å². The van der Waals surface area contributed by atoms with Crippen molar-refractivity contribution < 1.29 is 13.6 Å².